The number of thiophene rings is 1. The van der Waals surface area contributed by atoms with E-state index in [0.29, 0.717) is 12.0 Å². The van der Waals surface area contributed by atoms with Crippen molar-refractivity contribution in [2.75, 3.05) is 26.2 Å². The van der Waals surface area contributed by atoms with Gasteiger partial charge in [-0.1, -0.05) is 0 Å². The molecule has 4 rings (SSSR count). The second-order valence-corrected chi connectivity index (χ2v) is 9.97. The Morgan fingerprint density at radius 1 is 1.32 bits per heavy atom. The fourth-order valence-corrected chi connectivity index (χ4v) is 5.28. The summed E-state index contributed by atoms with van der Waals surface area (Å²) in [6, 6.07) is 4.48. The van der Waals surface area contributed by atoms with Gasteiger partial charge in [0, 0.05) is 53.9 Å². The van der Waals surface area contributed by atoms with Crippen LogP contribution in [0.25, 0.3) is 0 Å². The summed E-state index contributed by atoms with van der Waals surface area (Å²) < 4.78 is 37.8. The fraction of sp³-hybridized carbons (Fsp3) is 0.714. The number of nitrogens with one attached hydrogen (secondary N) is 1. The van der Waals surface area contributed by atoms with Crippen LogP contribution >= 0.6 is 11.3 Å². The van der Waals surface area contributed by atoms with Crippen molar-refractivity contribution in [1.82, 2.24) is 10.2 Å². The molecule has 1 aliphatic carbocycles. The number of carboxylic acids is 1. The van der Waals surface area contributed by atoms with Gasteiger partial charge in [0.25, 0.3) is 0 Å². The van der Waals surface area contributed by atoms with Crippen LogP contribution in [0.1, 0.15) is 41.9 Å². The molecule has 1 saturated carbocycles. The van der Waals surface area contributed by atoms with E-state index in [2.05, 4.69) is 29.3 Å². The van der Waals surface area contributed by atoms with Gasteiger partial charge in [0.2, 0.25) is 5.91 Å². The van der Waals surface area contributed by atoms with Crippen molar-refractivity contribution in [3.05, 3.63) is 21.9 Å². The predicted octanol–water partition coefficient (Wildman–Crippen LogP) is 3.59. The number of amides is 1. The van der Waals surface area contributed by atoms with Gasteiger partial charge in [-0.15, -0.1) is 11.3 Å². The summed E-state index contributed by atoms with van der Waals surface area (Å²) in [5.41, 5.74) is 0.237. The van der Waals surface area contributed by atoms with E-state index < -0.39 is 12.1 Å². The zero-order valence-electron chi connectivity index (χ0n) is 17.5. The predicted molar refractivity (Wildman–Crippen MR) is 110 cm³/mol. The number of halogens is 3. The molecule has 2 N–H and O–H groups in total. The molecule has 0 aromatic carbocycles. The quantitative estimate of drug-likeness (QED) is 0.676. The van der Waals surface area contributed by atoms with E-state index in [1.54, 1.807) is 0 Å². The molecule has 3 fully saturated rings. The van der Waals surface area contributed by atoms with Gasteiger partial charge in [0.1, 0.15) is 0 Å². The molecule has 1 aromatic heterocycles. The minimum Gasteiger partial charge on any atom is -0.475 e. The van der Waals surface area contributed by atoms with Gasteiger partial charge in [-0.3, -0.25) is 9.69 Å². The normalized spacial score (nSPS) is 26.0. The number of nitrogens with zero attached hydrogens (tertiary/aromatic N) is 1. The number of ether oxygens (including phenoxy) is 1. The lowest BCUT2D eigenvalue weighted by atomic mass is 9.74. The summed E-state index contributed by atoms with van der Waals surface area (Å²) >= 11 is 1.91. The lowest BCUT2D eigenvalue weighted by molar-refractivity contribution is -0.192. The van der Waals surface area contributed by atoms with Crippen LogP contribution in [0.4, 0.5) is 13.2 Å². The number of aliphatic carboxylic acids is 1. The summed E-state index contributed by atoms with van der Waals surface area (Å²) in [5.74, 6) is -2.18. The lowest BCUT2D eigenvalue weighted by Crippen LogP contribution is -2.50. The smallest absolute Gasteiger partial charge is 0.475 e. The van der Waals surface area contributed by atoms with Crippen LogP contribution in [0.15, 0.2) is 12.1 Å². The van der Waals surface area contributed by atoms with Crippen molar-refractivity contribution in [3.63, 3.8) is 0 Å². The molecule has 174 valence electrons. The van der Waals surface area contributed by atoms with E-state index in [0.717, 1.165) is 64.9 Å². The van der Waals surface area contributed by atoms with Gasteiger partial charge in [-0.05, 0) is 51.2 Å². The number of hydrogen-bond donors (Lipinski definition) is 2. The van der Waals surface area contributed by atoms with Crippen LogP contribution in [0.3, 0.4) is 0 Å². The zero-order chi connectivity index (χ0) is 22.6. The van der Waals surface area contributed by atoms with Crippen molar-refractivity contribution >= 4 is 23.2 Å². The lowest BCUT2D eigenvalue weighted by Gasteiger charge is -2.44. The van der Waals surface area contributed by atoms with E-state index in [1.807, 2.05) is 11.3 Å². The molecule has 31 heavy (non-hydrogen) atoms. The number of carboxylic acid groups (broad SMARTS) is 1. The summed E-state index contributed by atoms with van der Waals surface area (Å²) in [7, 11) is 0. The van der Waals surface area contributed by atoms with Crippen molar-refractivity contribution in [2.45, 2.75) is 57.9 Å². The number of aryl methyl sites for hydroxylation is 1. The topological polar surface area (TPSA) is 78.9 Å². The highest BCUT2D eigenvalue weighted by Gasteiger charge is 2.47. The Bertz CT molecular complexity index is 781. The van der Waals surface area contributed by atoms with Crippen molar-refractivity contribution in [1.29, 1.82) is 0 Å². The first-order valence-corrected chi connectivity index (χ1v) is 11.4. The molecule has 0 unspecified atom stereocenters. The molecular weight excluding hydrogens is 433 g/mol. The third kappa shape index (κ3) is 6.66. The molecule has 0 radical (unpaired) electrons. The van der Waals surface area contributed by atoms with Crippen LogP contribution in [0, 0.1) is 18.3 Å². The summed E-state index contributed by atoms with van der Waals surface area (Å²) in [5, 5.41) is 10.3. The first-order valence-electron chi connectivity index (χ1n) is 10.6. The Morgan fingerprint density at radius 3 is 2.61 bits per heavy atom. The first-order chi connectivity index (χ1) is 14.6. The molecule has 1 amide bonds. The van der Waals surface area contributed by atoms with Crippen LogP contribution in [0.2, 0.25) is 0 Å². The molecule has 1 aromatic rings. The maximum absolute atomic E-state index is 11.9. The Morgan fingerprint density at radius 2 is 2.03 bits per heavy atom. The van der Waals surface area contributed by atoms with Gasteiger partial charge in [-0.2, -0.15) is 13.2 Å². The third-order valence-corrected chi connectivity index (χ3v) is 7.12. The van der Waals surface area contributed by atoms with Crippen molar-refractivity contribution < 1.29 is 32.6 Å². The van der Waals surface area contributed by atoms with Gasteiger partial charge in [0.05, 0.1) is 6.10 Å². The Kier molecular flexibility index (Phi) is 7.64. The number of hydrogen-bond acceptors (Lipinski definition) is 5. The van der Waals surface area contributed by atoms with Crippen LogP contribution in [-0.2, 0) is 20.9 Å². The van der Waals surface area contributed by atoms with Gasteiger partial charge in [0.15, 0.2) is 0 Å². The number of alkyl halides is 3. The van der Waals surface area contributed by atoms with E-state index >= 15 is 0 Å². The molecule has 3 aliphatic rings. The third-order valence-electron chi connectivity index (χ3n) is 6.14. The largest absolute Gasteiger partial charge is 0.490 e. The van der Waals surface area contributed by atoms with Crippen LogP contribution < -0.4 is 5.32 Å². The molecule has 0 bridgehead atoms. The standard InChI is InChI=1S/C19H28N2O2S.C2HF3O2/c1-14-2-5-16(24-14)12-21-10-6-17-19(13-21,8-11-23-17)7-9-20-18(22)15-3-4-15;3-2(4,5)1(6)7/h2,5,15,17H,3-4,6-13H2,1H3,(H,20,22);(H,6,7)/t17-,19+;/m1./s1. The zero-order valence-corrected chi connectivity index (χ0v) is 18.4. The minimum absolute atomic E-state index is 0.237. The number of fused-ring (bicyclic) bond motifs is 1. The van der Waals surface area contributed by atoms with E-state index in [9.17, 15) is 18.0 Å². The monoisotopic (exact) mass is 462 g/mol. The summed E-state index contributed by atoms with van der Waals surface area (Å²) in [6.07, 6.45) is 0.776. The molecule has 3 heterocycles. The molecule has 0 spiro atoms. The molecule has 2 atom stereocenters. The second-order valence-electron chi connectivity index (χ2n) is 8.60. The van der Waals surface area contributed by atoms with Crippen molar-refractivity contribution in [2.24, 2.45) is 11.3 Å². The highest BCUT2D eigenvalue weighted by atomic mass is 32.1. The number of likely N-dealkylation sites (tertiary alicyclic amines) is 1. The van der Waals surface area contributed by atoms with Crippen LogP contribution in [0.5, 0.6) is 0 Å². The highest BCUT2D eigenvalue weighted by molar-refractivity contribution is 7.11. The Hall–Kier alpha value is -1.65. The summed E-state index contributed by atoms with van der Waals surface area (Å²) in [4.78, 5) is 26.2. The molecule has 10 heteroatoms. The van der Waals surface area contributed by atoms with Gasteiger partial charge in [-0.25, -0.2) is 4.79 Å². The number of carbonyl (C=O) groups excluding carboxylic acids is 1. The second kappa shape index (κ2) is 9.87. The van der Waals surface area contributed by atoms with Crippen molar-refractivity contribution in [3.8, 4) is 0 Å². The first kappa shape index (κ1) is 24.0. The molecule has 2 saturated heterocycles. The number of carbonyl (C=O) groups is 2. The van der Waals surface area contributed by atoms with E-state index in [4.69, 9.17) is 14.6 Å². The number of rotatable bonds is 6. The maximum Gasteiger partial charge on any atom is 0.490 e. The average Bonchev–Trinajstić information content (AvgIpc) is 3.34. The Balaban J connectivity index is 0.000000339. The fourth-order valence-electron chi connectivity index (χ4n) is 4.35. The van der Waals surface area contributed by atoms with Gasteiger partial charge < -0.3 is 15.2 Å². The van der Waals surface area contributed by atoms with E-state index in [1.165, 1.54) is 9.75 Å². The molecular formula is C21H29F3N2O4S. The molecule has 2 aliphatic heterocycles. The highest BCUT2D eigenvalue weighted by Crippen LogP contribution is 2.44. The average molecular weight is 463 g/mol. The van der Waals surface area contributed by atoms with Crippen LogP contribution in [-0.4, -0.2) is 60.4 Å². The summed E-state index contributed by atoms with van der Waals surface area (Å²) in [6.45, 7) is 7.15. The van der Waals surface area contributed by atoms with E-state index in [-0.39, 0.29) is 11.3 Å². The minimum atomic E-state index is -5.08. The number of piperidine rings is 1. The molecule has 6 nitrogen and oxygen atoms in total. The maximum atomic E-state index is 11.9. The SMILES string of the molecule is Cc1ccc(CN2CC[C@H]3OCC[C@@]3(CCNC(=O)C3CC3)C2)s1.O=C(O)C(F)(F)F. The Labute approximate surface area is 183 Å². The van der Waals surface area contributed by atoms with Gasteiger partial charge >= 0.3 is 12.1 Å².